The second kappa shape index (κ2) is 6.96. The third-order valence-electron chi connectivity index (χ3n) is 4.00. The van der Waals surface area contributed by atoms with Crippen molar-refractivity contribution >= 4 is 28.3 Å². The molecule has 1 aromatic heterocycles. The molecule has 0 saturated carbocycles. The molecule has 1 aromatic carbocycles. The van der Waals surface area contributed by atoms with E-state index in [0.29, 0.717) is 22.3 Å². The Balaban J connectivity index is 1.56. The summed E-state index contributed by atoms with van der Waals surface area (Å²) in [5, 5.41) is 2.96. The molecule has 25 heavy (non-hydrogen) atoms. The van der Waals surface area contributed by atoms with E-state index >= 15 is 0 Å². The van der Waals surface area contributed by atoms with Crippen LogP contribution in [0.1, 0.15) is 48.0 Å². The van der Waals surface area contributed by atoms with Gasteiger partial charge in [-0.2, -0.15) is 0 Å². The number of nitrogens with one attached hydrogen (secondary N) is 1. The van der Waals surface area contributed by atoms with Gasteiger partial charge < -0.3 is 4.74 Å². The number of hydrogen-bond acceptors (Lipinski definition) is 5. The largest absolute Gasteiger partial charge is 0.444 e. The van der Waals surface area contributed by atoms with Gasteiger partial charge in [-0.15, -0.1) is 0 Å². The van der Waals surface area contributed by atoms with Gasteiger partial charge >= 0.3 is 6.09 Å². The van der Waals surface area contributed by atoms with E-state index in [9.17, 15) is 9.59 Å². The molecule has 1 amide bonds. The molecule has 0 aliphatic heterocycles. The average Bonchev–Trinajstić information content (AvgIpc) is 3.11. The molecule has 0 unspecified atom stereocenters. The van der Waals surface area contributed by atoms with Crippen LogP contribution in [0.2, 0.25) is 0 Å². The average molecular weight is 358 g/mol. The number of ether oxygens (including phenoxy) is 1. The lowest BCUT2D eigenvalue weighted by Crippen LogP contribution is -2.27. The number of amides is 1. The van der Waals surface area contributed by atoms with Crippen molar-refractivity contribution in [3.8, 4) is 0 Å². The van der Waals surface area contributed by atoms with Crippen molar-refractivity contribution in [2.24, 2.45) is 5.92 Å². The Morgan fingerprint density at radius 1 is 1.24 bits per heavy atom. The van der Waals surface area contributed by atoms with Crippen LogP contribution in [0, 0.1) is 5.92 Å². The Kier molecular flexibility index (Phi) is 4.90. The molecule has 0 atom stereocenters. The molecule has 1 N–H and O–H groups in total. The van der Waals surface area contributed by atoms with Crippen molar-refractivity contribution in [3.63, 3.8) is 0 Å². The summed E-state index contributed by atoms with van der Waals surface area (Å²) in [7, 11) is 0. The SMILES string of the molecule is CC(C)(C)OC(=O)Nc1ncc(C(=O)CC2Cc3ccccc3C2)s1. The normalized spacial score (nSPS) is 14.2. The highest BCUT2D eigenvalue weighted by atomic mass is 32.1. The van der Waals surface area contributed by atoms with Crippen LogP contribution in [0.3, 0.4) is 0 Å². The summed E-state index contributed by atoms with van der Waals surface area (Å²) in [6, 6.07) is 8.35. The number of rotatable bonds is 4. The number of carbonyl (C=O) groups is 2. The third kappa shape index (κ3) is 4.66. The summed E-state index contributed by atoms with van der Waals surface area (Å²) < 4.78 is 5.19. The Labute approximate surface area is 151 Å². The number of ketones is 1. The molecular formula is C19H22N2O3S. The second-order valence-electron chi connectivity index (χ2n) is 7.33. The topological polar surface area (TPSA) is 68.3 Å². The fraction of sp³-hybridized carbons (Fsp3) is 0.421. The number of nitrogens with zero attached hydrogens (tertiary/aromatic N) is 1. The Hall–Kier alpha value is -2.21. The van der Waals surface area contributed by atoms with Crippen LogP contribution in [0.15, 0.2) is 30.5 Å². The zero-order valence-electron chi connectivity index (χ0n) is 14.7. The zero-order chi connectivity index (χ0) is 18.0. The number of thiazole rings is 1. The standard InChI is InChI=1S/C19H22N2O3S/c1-19(2,3)24-18(23)21-17-20-11-16(25-17)15(22)10-12-8-13-6-4-5-7-14(13)9-12/h4-7,11-12H,8-10H2,1-3H3,(H,20,21,23). The van der Waals surface area contributed by atoms with E-state index < -0.39 is 11.7 Å². The van der Waals surface area contributed by atoms with E-state index in [0.717, 1.165) is 12.8 Å². The quantitative estimate of drug-likeness (QED) is 0.818. The first-order chi connectivity index (χ1) is 11.8. The molecule has 5 nitrogen and oxygen atoms in total. The smallest absolute Gasteiger partial charge is 0.413 e. The van der Waals surface area contributed by atoms with Crippen molar-refractivity contribution < 1.29 is 14.3 Å². The number of Topliss-reactive ketones (excluding diaryl/α,β-unsaturated/α-hetero) is 1. The van der Waals surface area contributed by atoms with Gasteiger partial charge in [-0.05, 0) is 50.7 Å². The number of aromatic nitrogens is 1. The van der Waals surface area contributed by atoms with E-state index in [1.807, 2.05) is 12.1 Å². The summed E-state index contributed by atoms with van der Waals surface area (Å²) in [6.45, 7) is 5.38. The highest BCUT2D eigenvalue weighted by molar-refractivity contribution is 7.17. The summed E-state index contributed by atoms with van der Waals surface area (Å²) in [6.07, 6.45) is 3.37. The van der Waals surface area contributed by atoms with Gasteiger partial charge in [0.25, 0.3) is 0 Å². The van der Waals surface area contributed by atoms with Crippen LogP contribution in [0.5, 0.6) is 0 Å². The van der Waals surface area contributed by atoms with Gasteiger partial charge in [0.2, 0.25) is 0 Å². The van der Waals surface area contributed by atoms with Gasteiger partial charge in [0.05, 0.1) is 11.1 Å². The first kappa shape index (κ1) is 17.6. The number of benzene rings is 1. The monoisotopic (exact) mass is 358 g/mol. The fourth-order valence-corrected chi connectivity index (χ4v) is 3.76. The molecule has 3 rings (SSSR count). The molecule has 0 fully saturated rings. The first-order valence-electron chi connectivity index (χ1n) is 8.36. The molecule has 0 radical (unpaired) electrons. The van der Waals surface area contributed by atoms with E-state index in [1.54, 1.807) is 20.8 Å². The zero-order valence-corrected chi connectivity index (χ0v) is 15.5. The minimum atomic E-state index is -0.572. The molecule has 132 valence electrons. The third-order valence-corrected chi connectivity index (χ3v) is 4.95. The fourth-order valence-electron chi connectivity index (χ4n) is 3.01. The summed E-state index contributed by atoms with van der Waals surface area (Å²) in [4.78, 5) is 28.9. The van der Waals surface area contributed by atoms with Crippen molar-refractivity contribution in [1.82, 2.24) is 4.98 Å². The number of carbonyl (C=O) groups excluding carboxylic acids is 2. The van der Waals surface area contributed by atoms with Crippen LogP contribution in [-0.2, 0) is 17.6 Å². The van der Waals surface area contributed by atoms with E-state index in [-0.39, 0.29) is 5.78 Å². The van der Waals surface area contributed by atoms with Crippen LogP contribution < -0.4 is 5.32 Å². The lowest BCUT2D eigenvalue weighted by Gasteiger charge is -2.18. The van der Waals surface area contributed by atoms with Gasteiger partial charge in [0, 0.05) is 6.42 Å². The number of anilines is 1. The predicted molar refractivity (Wildman–Crippen MR) is 98.3 cm³/mol. The summed E-state index contributed by atoms with van der Waals surface area (Å²) >= 11 is 1.19. The second-order valence-corrected chi connectivity index (χ2v) is 8.36. The van der Waals surface area contributed by atoms with Crippen molar-refractivity contribution in [2.75, 3.05) is 5.32 Å². The Morgan fingerprint density at radius 3 is 2.48 bits per heavy atom. The van der Waals surface area contributed by atoms with E-state index in [1.165, 1.54) is 28.7 Å². The molecule has 0 bridgehead atoms. The van der Waals surface area contributed by atoms with E-state index in [4.69, 9.17) is 4.74 Å². The maximum atomic E-state index is 12.5. The molecule has 0 saturated heterocycles. The van der Waals surface area contributed by atoms with Gasteiger partial charge in [0.15, 0.2) is 10.9 Å². The lowest BCUT2D eigenvalue weighted by atomic mass is 9.99. The molecule has 0 spiro atoms. The van der Waals surface area contributed by atoms with Crippen molar-refractivity contribution in [3.05, 3.63) is 46.5 Å². The first-order valence-corrected chi connectivity index (χ1v) is 9.17. The number of hydrogen-bond donors (Lipinski definition) is 1. The highest BCUT2D eigenvalue weighted by Gasteiger charge is 2.25. The minimum Gasteiger partial charge on any atom is -0.444 e. The van der Waals surface area contributed by atoms with E-state index in [2.05, 4.69) is 22.4 Å². The number of fused-ring (bicyclic) bond motifs is 1. The maximum Gasteiger partial charge on any atom is 0.413 e. The minimum absolute atomic E-state index is 0.0764. The van der Waals surface area contributed by atoms with Gasteiger partial charge in [0.1, 0.15) is 5.60 Å². The van der Waals surface area contributed by atoms with Crippen molar-refractivity contribution in [1.29, 1.82) is 0 Å². The molecule has 1 heterocycles. The maximum absolute atomic E-state index is 12.5. The summed E-state index contributed by atoms with van der Waals surface area (Å²) in [5.74, 6) is 0.418. The molecule has 1 aliphatic rings. The molecule has 6 heteroatoms. The Morgan fingerprint density at radius 2 is 1.88 bits per heavy atom. The lowest BCUT2D eigenvalue weighted by molar-refractivity contribution is 0.0635. The van der Waals surface area contributed by atoms with Gasteiger partial charge in [-0.3, -0.25) is 10.1 Å². The predicted octanol–water partition coefficient (Wildman–Crippen LogP) is 4.48. The highest BCUT2D eigenvalue weighted by Crippen LogP contribution is 2.30. The Bertz CT molecular complexity index is 767. The van der Waals surface area contributed by atoms with Crippen molar-refractivity contribution in [2.45, 2.75) is 45.6 Å². The summed E-state index contributed by atoms with van der Waals surface area (Å²) in [5.41, 5.74) is 2.12. The van der Waals surface area contributed by atoms with Crippen LogP contribution >= 0.6 is 11.3 Å². The van der Waals surface area contributed by atoms with Gasteiger partial charge in [-0.1, -0.05) is 35.6 Å². The van der Waals surface area contributed by atoms with Crippen LogP contribution in [0.4, 0.5) is 9.93 Å². The molecule has 1 aliphatic carbocycles. The van der Waals surface area contributed by atoms with Crippen LogP contribution in [-0.4, -0.2) is 22.5 Å². The van der Waals surface area contributed by atoms with Gasteiger partial charge in [-0.25, -0.2) is 9.78 Å². The molecular weight excluding hydrogens is 336 g/mol. The molecule has 2 aromatic rings. The van der Waals surface area contributed by atoms with Crippen LogP contribution in [0.25, 0.3) is 0 Å².